The first-order valence-electron chi connectivity index (χ1n) is 9.96. The third-order valence-electron chi connectivity index (χ3n) is 4.30. The van der Waals surface area contributed by atoms with E-state index in [1.165, 1.54) is 0 Å². The summed E-state index contributed by atoms with van der Waals surface area (Å²) in [7, 11) is 0. The van der Waals surface area contributed by atoms with Crippen LogP contribution in [0.4, 0.5) is 5.69 Å². The minimum Gasteiger partial charge on any atom is -0.490 e. The van der Waals surface area contributed by atoms with E-state index in [1.807, 2.05) is 38.1 Å². The molecule has 0 saturated carbocycles. The molecule has 1 amide bonds. The molecular weight excluding hydrogens is 480 g/mol. The van der Waals surface area contributed by atoms with Crippen LogP contribution in [0.25, 0.3) is 11.3 Å². The summed E-state index contributed by atoms with van der Waals surface area (Å²) in [6.07, 6.45) is 0. The van der Waals surface area contributed by atoms with E-state index in [9.17, 15) is 9.59 Å². The molecule has 0 radical (unpaired) electrons. The van der Waals surface area contributed by atoms with Gasteiger partial charge in [0.15, 0.2) is 23.8 Å². The van der Waals surface area contributed by atoms with Crippen molar-refractivity contribution >= 4 is 33.5 Å². The van der Waals surface area contributed by atoms with Gasteiger partial charge in [-0.25, -0.2) is 4.79 Å². The highest BCUT2D eigenvalue weighted by Gasteiger charge is 2.23. The number of nitrogens with zero attached hydrogens (tertiary/aromatic N) is 2. The number of amides is 1. The summed E-state index contributed by atoms with van der Waals surface area (Å²) in [5, 5.41) is 13.2. The van der Waals surface area contributed by atoms with E-state index in [4.69, 9.17) is 14.2 Å². The monoisotopic (exact) mass is 502 g/mol. The Labute approximate surface area is 193 Å². The van der Waals surface area contributed by atoms with Crippen molar-refractivity contribution in [2.45, 2.75) is 20.8 Å². The number of anilines is 1. The number of H-pyrrole nitrogens is 1. The summed E-state index contributed by atoms with van der Waals surface area (Å²) in [5.74, 6) is -0.138. The molecule has 1 aromatic heterocycles. The van der Waals surface area contributed by atoms with E-state index in [1.54, 1.807) is 19.1 Å². The lowest BCUT2D eigenvalue weighted by Gasteiger charge is -2.14. The van der Waals surface area contributed by atoms with Gasteiger partial charge in [0.25, 0.3) is 5.91 Å². The van der Waals surface area contributed by atoms with Gasteiger partial charge in [0.2, 0.25) is 0 Å². The van der Waals surface area contributed by atoms with Gasteiger partial charge >= 0.3 is 5.97 Å². The second-order valence-corrected chi connectivity index (χ2v) is 7.51. The maximum atomic E-state index is 12.3. The predicted octanol–water partition coefficient (Wildman–Crippen LogP) is 4.14. The highest BCUT2D eigenvalue weighted by molar-refractivity contribution is 9.10. The fraction of sp³-hybridized carbons (Fsp3) is 0.273. The number of carbonyl (C=O) groups is 2. The van der Waals surface area contributed by atoms with Crippen molar-refractivity contribution in [2.24, 2.45) is 0 Å². The van der Waals surface area contributed by atoms with Crippen molar-refractivity contribution in [1.82, 2.24) is 15.4 Å². The van der Waals surface area contributed by atoms with Gasteiger partial charge in [-0.1, -0.05) is 17.7 Å². The number of aromatic amines is 1. The molecule has 0 atom stereocenters. The van der Waals surface area contributed by atoms with Crippen LogP contribution in [0.5, 0.6) is 11.5 Å². The van der Waals surface area contributed by atoms with Crippen LogP contribution in [0, 0.1) is 6.92 Å². The second-order valence-electron chi connectivity index (χ2n) is 6.66. The molecule has 9 nitrogen and oxygen atoms in total. The van der Waals surface area contributed by atoms with Crippen molar-refractivity contribution in [3.8, 4) is 22.8 Å². The molecule has 2 aromatic carbocycles. The summed E-state index contributed by atoms with van der Waals surface area (Å²) in [6.45, 7) is 5.89. The number of hydrogen-bond acceptors (Lipinski definition) is 7. The highest BCUT2D eigenvalue weighted by atomic mass is 79.9. The molecule has 0 fully saturated rings. The number of hydrogen-bond donors (Lipinski definition) is 2. The zero-order chi connectivity index (χ0) is 23.1. The van der Waals surface area contributed by atoms with Gasteiger partial charge in [0.1, 0.15) is 5.69 Å². The van der Waals surface area contributed by atoms with Crippen molar-refractivity contribution in [3.63, 3.8) is 0 Å². The summed E-state index contributed by atoms with van der Waals surface area (Å²) in [4.78, 5) is 24.5. The quantitative estimate of drug-likeness (QED) is 0.422. The van der Waals surface area contributed by atoms with Crippen LogP contribution in [-0.2, 0) is 9.53 Å². The molecule has 0 unspecified atom stereocenters. The molecule has 3 aromatic rings. The third-order valence-corrected chi connectivity index (χ3v) is 4.96. The molecule has 2 N–H and O–H groups in total. The van der Waals surface area contributed by atoms with Crippen LogP contribution >= 0.6 is 15.9 Å². The van der Waals surface area contributed by atoms with E-state index in [-0.39, 0.29) is 24.8 Å². The molecule has 0 bridgehead atoms. The van der Waals surface area contributed by atoms with Gasteiger partial charge in [0, 0.05) is 15.7 Å². The lowest BCUT2D eigenvalue weighted by molar-refractivity contribution is -0.118. The highest BCUT2D eigenvalue weighted by Crippen LogP contribution is 2.39. The lowest BCUT2D eigenvalue weighted by atomic mass is 10.1. The van der Waals surface area contributed by atoms with Gasteiger partial charge in [-0.15, -0.1) is 5.10 Å². The van der Waals surface area contributed by atoms with Crippen LogP contribution in [0.15, 0.2) is 40.9 Å². The number of rotatable bonds is 9. The second kappa shape index (κ2) is 10.8. The molecule has 0 spiro atoms. The largest absolute Gasteiger partial charge is 0.490 e. The average molecular weight is 503 g/mol. The van der Waals surface area contributed by atoms with Crippen LogP contribution in [0.1, 0.15) is 29.9 Å². The maximum absolute atomic E-state index is 12.3. The lowest BCUT2D eigenvalue weighted by Crippen LogP contribution is -2.20. The Bertz CT molecular complexity index is 1100. The van der Waals surface area contributed by atoms with Gasteiger partial charge in [-0.05, 0) is 61.0 Å². The van der Waals surface area contributed by atoms with E-state index >= 15 is 0 Å². The fourth-order valence-electron chi connectivity index (χ4n) is 2.84. The number of nitrogens with one attached hydrogen (secondary N) is 2. The van der Waals surface area contributed by atoms with E-state index in [0.717, 1.165) is 5.56 Å². The van der Waals surface area contributed by atoms with Crippen LogP contribution in [-0.4, -0.2) is 47.1 Å². The van der Waals surface area contributed by atoms with Gasteiger partial charge in [0.05, 0.1) is 13.2 Å². The first-order valence-corrected chi connectivity index (χ1v) is 10.8. The van der Waals surface area contributed by atoms with Crippen molar-refractivity contribution in [3.05, 3.63) is 52.1 Å². The van der Waals surface area contributed by atoms with Crippen LogP contribution in [0.2, 0.25) is 0 Å². The van der Waals surface area contributed by atoms with Gasteiger partial charge in [-0.3, -0.25) is 4.79 Å². The zero-order valence-corrected chi connectivity index (χ0v) is 19.5. The number of aryl methyl sites for hydroxylation is 1. The Balaban J connectivity index is 1.80. The summed E-state index contributed by atoms with van der Waals surface area (Å²) < 4.78 is 17.0. The molecule has 0 aliphatic rings. The molecule has 10 heteroatoms. The molecule has 0 aliphatic heterocycles. The number of carbonyl (C=O) groups excluding carboxylic acids is 2. The average Bonchev–Trinajstić information content (AvgIpc) is 3.25. The van der Waals surface area contributed by atoms with E-state index < -0.39 is 5.97 Å². The van der Waals surface area contributed by atoms with Gasteiger partial charge in [-0.2, -0.15) is 10.3 Å². The summed E-state index contributed by atoms with van der Waals surface area (Å²) >= 11 is 3.47. The fourth-order valence-corrected chi connectivity index (χ4v) is 3.35. The van der Waals surface area contributed by atoms with Crippen molar-refractivity contribution in [1.29, 1.82) is 0 Å². The number of benzene rings is 2. The number of aromatic nitrogens is 3. The van der Waals surface area contributed by atoms with Crippen molar-refractivity contribution in [2.75, 3.05) is 25.1 Å². The maximum Gasteiger partial charge on any atom is 0.361 e. The summed E-state index contributed by atoms with van der Waals surface area (Å²) in [6, 6.07) is 10.8. The molecule has 1 heterocycles. The smallest absolute Gasteiger partial charge is 0.361 e. The Morgan fingerprint density at radius 3 is 2.44 bits per heavy atom. The topological polar surface area (TPSA) is 115 Å². The SMILES string of the molecule is CCOC(=O)c1n[nH]nc1-c1cc(OCC)c(OCC(=O)Nc2ccc(C)cc2)cc1Br. The molecule has 0 aliphatic carbocycles. The Kier molecular flexibility index (Phi) is 7.82. The van der Waals surface area contributed by atoms with Gasteiger partial charge < -0.3 is 19.5 Å². The normalized spacial score (nSPS) is 10.5. The van der Waals surface area contributed by atoms with Crippen molar-refractivity contribution < 1.29 is 23.8 Å². The molecular formula is C22H23BrN4O5. The molecule has 32 heavy (non-hydrogen) atoms. The Hall–Kier alpha value is -3.40. The first kappa shape index (κ1) is 23.3. The number of ether oxygens (including phenoxy) is 3. The minimum absolute atomic E-state index is 0.0566. The standard InChI is InChI=1S/C22H23BrN4O5/c1-4-30-17-10-15(20-21(26-27-25-20)22(29)31-5-2)16(23)11-18(17)32-12-19(28)24-14-8-6-13(3)7-9-14/h6-11H,4-5,12H2,1-3H3,(H,24,28)(H,25,26,27). The van der Waals surface area contributed by atoms with E-state index in [2.05, 4.69) is 36.7 Å². The minimum atomic E-state index is -0.589. The zero-order valence-electron chi connectivity index (χ0n) is 17.9. The third kappa shape index (κ3) is 5.64. The number of esters is 1. The summed E-state index contributed by atoms with van der Waals surface area (Å²) in [5.41, 5.74) is 2.70. The molecule has 0 saturated heterocycles. The Morgan fingerprint density at radius 2 is 1.75 bits per heavy atom. The Morgan fingerprint density at radius 1 is 1.03 bits per heavy atom. The van der Waals surface area contributed by atoms with Crippen LogP contribution in [0.3, 0.4) is 0 Å². The first-order chi connectivity index (χ1) is 15.4. The van der Waals surface area contributed by atoms with E-state index in [0.29, 0.717) is 39.5 Å². The number of halogens is 1. The molecule has 3 rings (SSSR count). The predicted molar refractivity (Wildman–Crippen MR) is 122 cm³/mol. The van der Waals surface area contributed by atoms with Crippen LogP contribution < -0.4 is 14.8 Å². The molecule has 168 valence electrons.